The number of amides is 1. The highest BCUT2D eigenvalue weighted by molar-refractivity contribution is 5.69. The molecule has 2 aliphatic carbocycles. The molecule has 6 rings (SSSR count). The van der Waals surface area contributed by atoms with Gasteiger partial charge in [-0.3, -0.25) is 0 Å². The van der Waals surface area contributed by atoms with E-state index in [0.29, 0.717) is 75.6 Å². The number of aliphatic hydroxyl groups is 2. The zero-order valence-corrected chi connectivity index (χ0v) is 41.0. The van der Waals surface area contributed by atoms with E-state index in [9.17, 15) is 67.7 Å². The third kappa shape index (κ3) is 15.6. The Morgan fingerprint density at radius 3 is 1.16 bits per heavy atom. The molecule has 1 amide bonds. The first-order chi connectivity index (χ1) is 33.7. The molecule has 20 heteroatoms. The summed E-state index contributed by atoms with van der Waals surface area (Å²) in [4.78, 5) is 12.5. The topological polar surface area (TPSA) is 123 Å². The fraction of sp³-hybridized carbons (Fsp3) is 0.528. The van der Waals surface area contributed by atoms with Gasteiger partial charge in [-0.25, -0.2) is 4.79 Å². The normalized spacial score (nSPS) is 23.9. The summed E-state index contributed by atoms with van der Waals surface area (Å²) in [6.07, 6.45) is -18.8. The smallest absolute Gasteiger partial charge is 0.416 e. The van der Waals surface area contributed by atoms with Gasteiger partial charge in [0.1, 0.15) is 5.60 Å². The molecule has 8 nitrogen and oxygen atoms in total. The molecule has 0 aliphatic heterocycles. The summed E-state index contributed by atoms with van der Waals surface area (Å²) >= 11 is 0. The summed E-state index contributed by atoms with van der Waals surface area (Å²) in [5, 5.41) is 22.6. The van der Waals surface area contributed by atoms with E-state index in [4.69, 9.17) is 19.9 Å². The maximum Gasteiger partial charge on any atom is 0.416 e. The lowest BCUT2D eigenvalue weighted by molar-refractivity contribution is -0.145. The molecular weight excluding hydrogens is 989 g/mol. The van der Waals surface area contributed by atoms with Crippen LogP contribution in [-0.4, -0.2) is 59.4 Å². The van der Waals surface area contributed by atoms with Gasteiger partial charge in [0.15, 0.2) is 0 Å². The summed E-state index contributed by atoms with van der Waals surface area (Å²) in [6.45, 7) is 7.62. The molecule has 2 fully saturated rings. The Morgan fingerprint density at radius 2 is 0.877 bits per heavy atom. The van der Waals surface area contributed by atoms with Gasteiger partial charge in [0, 0.05) is 16.4 Å². The van der Waals surface area contributed by atoms with Crippen LogP contribution in [0.15, 0.2) is 97.1 Å². The lowest BCUT2D eigenvalue weighted by Gasteiger charge is -2.46. The number of hydrogen-bond acceptors (Lipinski definition) is 7. The average molecular weight is 1050 g/mol. The van der Waals surface area contributed by atoms with E-state index >= 15 is 0 Å². The van der Waals surface area contributed by atoms with Gasteiger partial charge >= 0.3 is 30.8 Å². The zero-order valence-electron chi connectivity index (χ0n) is 41.0. The second kappa shape index (κ2) is 22.5. The highest BCUT2D eigenvalue weighted by Crippen LogP contribution is 2.47. The molecule has 0 spiro atoms. The first-order valence-corrected chi connectivity index (χ1v) is 23.6. The van der Waals surface area contributed by atoms with Crippen LogP contribution in [0.4, 0.5) is 57.5 Å². The van der Waals surface area contributed by atoms with E-state index in [1.807, 2.05) is 60.7 Å². The van der Waals surface area contributed by atoms with Crippen LogP contribution < -0.4 is 11.1 Å². The number of halogens is 12. The number of rotatable bonds is 13. The maximum atomic E-state index is 13.4. The molecule has 2 aliphatic rings. The van der Waals surface area contributed by atoms with Crippen LogP contribution in [0.1, 0.15) is 143 Å². The summed E-state index contributed by atoms with van der Waals surface area (Å²) in [6, 6.07) is 21.6. The van der Waals surface area contributed by atoms with Crippen LogP contribution in [-0.2, 0) is 49.7 Å². The number of hydrogen-bond donors (Lipinski definition) is 4. The van der Waals surface area contributed by atoms with Crippen LogP contribution in [0.3, 0.4) is 0 Å². The van der Waals surface area contributed by atoms with Gasteiger partial charge in [0.2, 0.25) is 0 Å². The predicted molar refractivity (Wildman–Crippen MR) is 248 cm³/mol. The Labute approximate surface area is 416 Å². The van der Waals surface area contributed by atoms with E-state index in [1.54, 1.807) is 20.8 Å². The maximum absolute atomic E-state index is 13.4. The van der Waals surface area contributed by atoms with Crippen LogP contribution in [0.2, 0.25) is 0 Å². The van der Waals surface area contributed by atoms with E-state index in [2.05, 4.69) is 5.32 Å². The largest absolute Gasteiger partial charge is 0.444 e. The highest BCUT2D eigenvalue weighted by Gasteiger charge is 2.47. The quantitative estimate of drug-likeness (QED) is 0.0984. The molecule has 0 bridgehead atoms. The number of alkyl carbamates (subject to hydrolysis) is 1. The molecule has 5 N–H and O–H groups in total. The number of ether oxygens (including phenoxy) is 3. The Hall–Kier alpha value is -4.89. The van der Waals surface area contributed by atoms with Crippen LogP contribution >= 0.6 is 0 Å². The van der Waals surface area contributed by atoms with Gasteiger partial charge in [-0.15, -0.1) is 0 Å². The van der Waals surface area contributed by atoms with Gasteiger partial charge < -0.3 is 35.5 Å². The van der Waals surface area contributed by atoms with Crippen molar-refractivity contribution in [3.63, 3.8) is 0 Å². The zero-order chi connectivity index (χ0) is 54.5. The van der Waals surface area contributed by atoms with Gasteiger partial charge in [0.25, 0.3) is 0 Å². The minimum atomic E-state index is -4.96. The Balaban J connectivity index is 0.000000276. The number of aliphatic hydroxyl groups excluding tert-OH is 2. The Kier molecular flexibility index (Phi) is 18.2. The summed E-state index contributed by atoms with van der Waals surface area (Å²) < 4.78 is 177. The fourth-order valence-electron chi connectivity index (χ4n) is 9.24. The van der Waals surface area contributed by atoms with Crippen molar-refractivity contribution in [2.45, 2.75) is 150 Å². The minimum Gasteiger partial charge on any atom is -0.444 e. The van der Waals surface area contributed by atoms with Crippen LogP contribution in [0.25, 0.3) is 0 Å². The third-order valence-electron chi connectivity index (χ3n) is 13.9. The molecule has 0 radical (unpaired) electrons. The van der Waals surface area contributed by atoms with Crippen molar-refractivity contribution in [2.75, 3.05) is 26.4 Å². The van der Waals surface area contributed by atoms with E-state index < -0.39 is 92.8 Å². The van der Waals surface area contributed by atoms with Crippen molar-refractivity contribution in [1.29, 1.82) is 0 Å². The molecule has 0 saturated heterocycles. The molecule has 4 aromatic carbocycles. The molecule has 4 aromatic rings. The second-order valence-corrected chi connectivity index (χ2v) is 20.5. The van der Waals surface area contributed by atoms with Crippen molar-refractivity contribution in [3.05, 3.63) is 142 Å². The Morgan fingerprint density at radius 1 is 0.548 bits per heavy atom. The van der Waals surface area contributed by atoms with E-state index in [1.165, 1.54) is 13.8 Å². The molecule has 0 unspecified atom stereocenters. The minimum absolute atomic E-state index is 0.00369. The number of carbonyl (C=O) groups is 1. The first kappa shape index (κ1) is 59.0. The highest BCUT2D eigenvalue weighted by atomic mass is 19.4. The second-order valence-electron chi connectivity index (χ2n) is 20.5. The van der Waals surface area contributed by atoms with E-state index in [-0.39, 0.29) is 49.7 Å². The number of alkyl halides is 12. The first-order valence-electron chi connectivity index (χ1n) is 23.6. The summed E-state index contributed by atoms with van der Waals surface area (Å²) in [5.41, 5.74) is -1.48. The SMILES string of the molecule is C[C@@H](OCC1(c2ccccc2)CCC(CO)(NC(=O)OC(C)(C)C)CC1)c1cc(C(F)(F)F)cc(C(F)(F)F)c1.C[C@@H](OCC1(c2ccccc2)CCC(N)(CO)CC1)c1cc(C(F)(F)F)cc(C(F)(F)F)c1. The molecule has 0 aromatic heterocycles. The standard InChI is InChI=1S/C29H35F6NO4.C24H27F6NO2/c1-19(20-14-22(28(30,31)32)16-23(15-20)29(33,34)35)39-18-26(21-8-6-5-7-9-21)10-12-27(17-37,13-11-26)36-24(38)40-25(2,3)4;1-16(17-11-19(23(25,26)27)13-20(12-17)24(28,29)30)33-15-21(18-5-3-2-4-6-18)7-9-22(31,14-32)10-8-21/h5-9,14-16,19,37H,10-13,17-18H2,1-4H3,(H,36,38);2-6,11-13,16,32H,7-10,14-15,31H2,1H3/t19-,26?,27?;16-,21?,22?/m11/s1. The number of nitrogens with two attached hydrogens (primary N) is 1. The molecule has 0 heterocycles. The van der Waals surface area contributed by atoms with Gasteiger partial charge in [0.05, 0.1) is 66.4 Å². The average Bonchev–Trinajstić information content (AvgIpc) is 3.32. The number of nitrogens with one attached hydrogen (secondary N) is 1. The van der Waals surface area contributed by atoms with Crippen molar-refractivity contribution < 1.29 is 81.9 Å². The predicted octanol–water partition coefficient (Wildman–Crippen LogP) is 13.6. The van der Waals surface area contributed by atoms with Crippen molar-refractivity contribution in [2.24, 2.45) is 5.73 Å². The third-order valence-corrected chi connectivity index (χ3v) is 13.9. The fourth-order valence-corrected chi connectivity index (χ4v) is 9.24. The van der Waals surface area contributed by atoms with Gasteiger partial charge in [-0.2, -0.15) is 52.7 Å². The molecule has 2 saturated carbocycles. The van der Waals surface area contributed by atoms with Crippen molar-refractivity contribution in [3.8, 4) is 0 Å². The van der Waals surface area contributed by atoms with Crippen molar-refractivity contribution in [1.82, 2.24) is 5.32 Å². The Bertz CT molecular complexity index is 2360. The van der Waals surface area contributed by atoms with Crippen LogP contribution in [0.5, 0.6) is 0 Å². The molecule has 73 heavy (non-hydrogen) atoms. The number of carbonyl (C=O) groups excluding carboxylic acids is 1. The van der Waals surface area contributed by atoms with E-state index in [0.717, 1.165) is 11.1 Å². The monoisotopic (exact) mass is 1050 g/mol. The van der Waals surface area contributed by atoms with Crippen LogP contribution in [0, 0.1) is 0 Å². The van der Waals surface area contributed by atoms with Crippen molar-refractivity contribution >= 4 is 6.09 Å². The molecule has 404 valence electrons. The molecular formula is C53H62F12N2O6. The van der Waals surface area contributed by atoms with Gasteiger partial charge in [-0.1, -0.05) is 60.7 Å². The molecule has 2 atom stereocenters. The lowest BCUT2D eigenvalue weighted by atomic mass is 9.64. The van der Waals surface area contributed by atoms with Gasteiger partial charge in [-0.05, 0) is 145 Å². The summed E-state index contributed by atoms with van der Waals surface area (Å²) in [7, 11) is 0. The lowest BCUT2D eigenvalue weighted by Crippen LogP contribution is -2.57. The summed E-state index contributed by atoms with van der Waals surface area (Å²) in [5.74, 6) is 0. The number of benzene rings is 4.